The van der Waals surface area contributed by atoms with E-state index in [1.807, 2.05) is 87.5 Å². The number of carbonyl (C=O) groups excluding carboxylic acids is 2. The minimum Gasteiger partial charge on any atom is -0.392 e. The first-order chi connectivity index (χ1) is 28.1. The van der Waals surface area contributed by atoms with Crippen molar-refractivity contribution in [2.75, 3.05) is 6.54 Å². The smallest absolute Gasteiger partial charge is 0.271 e. The molecule has 2 amide bonds. The number of amides is 2. The van der Waals surface area contributed by atoms with Gasteiger partial charge in [-0.15, -0.1) is 0 Å². The number of benzene rings is 4. The van der Waals surface area contributed by atoms with Crippen LogP contribution in [-0.4, -0.2) is 62.1 Å². The Labute approximate surface area is 341 Å². The van der Waals surface area contributed by atoms with E-state index in [1.54, 1.807) is 0 Å². The molecule has 1 aliphatic carbocycles. The molecule has 5 aromatic rings. The van der Waals surface area contributed by atoms with Gasteiger partial charge in [0.05, 0.1) is 42.1 Å². The molecule has 10 nitrogen and oxygen atoms in total. The zero-order valence-corrected chi connectivity index (χ0v) is 33.8. The zero-order valence-electron chi connectivity index (χ0n) is 33.8. The van der Waals surface area contributed by atoms with E-state index in [-0.39, 0.29) is 47.9 Å². The minimum atomic E-state index is -0.623. The molecule has 2 aliphatic heterocycles. The molecule has 0 radical (unpaired) electrons. The molecule has 3 aliphatic rings. The second-order valence-electron chi connectivity index (χ2n) is 17.2. The number of aromatic nitrogens is 2. The van der Waals surface area contributed by atoms with Crippen LogP contribution in [0.5, 0.6) is 0 Å². The molecule has 58 heavy (non-hydrogen) atoms. The van der Waals surface area contributed by atoms with Gasteiger partial charge in [0.2, 0.25) is 5.91 Å². The van der Waals surface area contributed by atoms with Crippen LogP contribution >= 0.6 is 0 Å². The summed E-state index contributed by atoms with van der Waals surface area (Å²) in [6, 6.07) is 32.0. The van der Waals surface area contributed by atoms with Crippen molar-refractivity contribution in [3.8, 4) is 11.1 Å². The van der Waals surface area contributed by atoms with Crippen molar-refractivity contribution in [3.05, 3.63) is 131 Å². The highest BCUT2D eigenvalue weighted by molar-refractivity contribution is 5.93. The van der Waals surface area contributed by atoms with E-state index >= 15 is 0 Å². The monoisotopic (exact) mass is 781 g/mol. The van der Waals surface area contributed by atoms with Crippen LogP contribution in [0.3, 0.4) is 0 Å². The van der Waals surface area contributed by atoms with Gasteiger partial charge in [0, 0.05) is 36.7 Å². The van der Waals surface area contributed by atoms with Crippen LogP contribution in [0, 0.1) is 5.92 Å². The summed E-state index contributed by atoms with van der Waals surface area (Å²) in [5.74, 6) is 0.421. The summed E-state index contributed by atoms with van der Waals surface area (Å²) in [6.45, 7) is 7.10. The van der Waals surface area contributed by atoms with Gasteiger partial charge in [-0.3, -0.25) is 19.5 Å². The fourth-order valence-electron chi connectivity index (χ4n) is 9.10. The third-order valence-electron chi connectivity index (χ3n) is 12.0. The predicted octanol–water partition coefficient (Wildman–Crippen LogP) is 8.20. The van der Waals surface area contributed by atoms with E-state index in [2.05, 4.69) is 55.8 Å². The number of para-hydroxylation sites is 2. The Kier molecular flexibility index (Phi) is 12.0. The summed E-state index contributed by atoms with van der Waals surface area (Å²) in [5.41, 5.74) is 7.17. The van der Waals surface area contributed by atoms with E-state index in [0.29, 0.717) is 37.0 Å². The number of nitrogens with zero attached hydrogens (tertiary/aromatic N) is 3. The van der Waals surface area contributed by atoms with Gasteiger partial charge < -0.3 is 25.2 Å². The van der Waals surface area contributed by atoms with Crippen molar-refractivity contribution in [2.45, 2.75) is 115 Å². The molecule has 0 spiro atoms. The Morgan fingerprint density at radius 1 is 0.828 bits per heavy atom. The second kappa shape index (κ2) is 17.5. The molecule has 1 aromatic heterocycles. The van der Waals surface area contributed by atoms with Crippen LogP contribution in [0.1, 0.15) is 111 Å². The number of fused-ring (bicyclic) bond motifs is 2. The van der Waals surface area contributed by atoms with Crippen LogP contribution in [0.4, 0.5) is 0 Å². The van der Waals surface area contributed by atoms with Gasteiger partial charge in [-0.25, -0.2) is 4.98 Å². The molecule has 6 atom stereocenters. The van der Waals surface area contributed by atoms with Gasteiger partial charge in [-0.05, 0) is 92.3 Å². The number of piperidine rings is 1. The molecule has 8 rings (SSSR count). The molecule has 3 heterocycles. The van der Waals surface area contributed by atoms with E-state index in [4.69, 9.17) is 9.47 Å². The SMILES string of the molecule is CC(C)(C)NC(=O)[C@H]1CC[C@H]2CCCC[C@H]2N1C[C@H]1C[C@@H](c2ccc(CO)cc2)O[C@@H](c2ccc(-c3ccccc3CNC(=O)c3cnc4ccccc4n3)cc2)O1. The van der Waals surface area contributed by atoms with Gasteiger partial charge in [0.25, 0.3) is 5.91 Å². The summed E-state index contributed by atoms with van der Waals surface area (Å²) in [6.07, 6.45) is 7.82. The Hall–Kier alpha value is -5.00. The number of rotatable bonds is 10. The quantitative estimate of drug-likeness (QED) is 0.130. The molecule has 4 aromatic carbocycles. The van der Waals surface area contributed by atoms with E-state index < -0.39 is 6.29 Å². The fourth-order valence-corrected chi connectivity index (χ4v) is 9.10. The maximum atomic E-state index is 13.9. The standard InChI is InChI=1S/C48H55N5O5/c1-48(2,3)52-46(56)43-25-24-33-10-5-9-15-42(33)53(43)29-37-26-44(34-18-16-31(30-54)17-19-34)58-47(57-37)35-22-20-32(21-23-35)38-12-6-4-11-36(38)27-50-45(55)41-28-49-39-13-7-8-14-40(39)51-41/h4,6-8,11-14,16-23,28,33,37,42-44,47,54H,5,9-10,15,24-27,29-30H2,1-3H3,(H,50,55)(H,52,56)/t33-,37-,42-,43-,44+,47+/m1/s1. The molecule has 2 saturated heterocycles. The Balaban J connectivity index is 1.02. The highest BCUT2D eigenvalue weighted by atomic mass is 16.7. The lowest BCUT2D eigenvalue weighted by molar-refractivity contribution is -0.255. The Morgan fingerprint density at radius 2 is 1.55 bits per heavy atom. The predicted molar refractivity (Wildman–Crippen MR) is 224 cm³/mol. The number of hydrogen-bond acceptors (Lipinski definition) is 8. The lowest BCUT2D eigenvalue weighted by Crippen LogP contribution is -2.61. The number of ether oxygens (including phenoxy) is 2. The van der Waals surface area contributed by atoms with Crippen molar-refractivity contribution in [3.63, 3.8) is 0 Å². The van der Waals surface area contributed by atoms with Crippen LogP contribution in [0.25, 0.3) is 22.2 Å². The maximum absolute atomic E-state index is 13.9. The zero-order chi connectivity index (χ0) is 40.2. The van der Waals surface area contributed by atoms with Crippen molar-refractivity contribution in [1.29, 1.82) is 0 Å². The average Bonchev–Trinajstić information content (AvgIpc) is 3.25. The lowest BCUT2D eigenvalue weighted by atomic mass is 9.75. The highest BCUT2D eigenvalue weighted by Gasteiger charge is 2.44. The van der Waals surface area contributed by atoms with Gasteiger partial charge in [0.15, 0.2) is 6.29 Å². The first kappa shape index (κ1) is 39.8. The van der Waals surface area contributed by atoms with Crippen molar-refractivity contribution < 1.29 is 24.2 Å². The second-order valence-corrected chi connectivity index (χ2v) is 17.2. The van der Waals surface area contributed by atoms with Gasteiger partial charge >= 0.3 is 0 Å². The Morgan fingerprint density at radius 3 is 2.33 bits per heavy atom. The molecule has 3 N–H and O–H groups in total. The van der Waals surface area contributed by atoms with E-state index in [1.165, 1.54) is 25.5 Å². The summed E-state index contributed by atoms with van der Waals surface area (Å²) >= 11 is 0. The summed E-state index contributed by atoms with van der Waals surface area (Å²) < 4.78 is 13.6. The average molecular weight is 782 g/mol. The summed E-state index contributed by atoms with van der Waals surface area (Å²) in [5, 5.41) is 16.1. The molecular formula is C48H55N5O5. The van der Waals surface area contributed by atoms with Crippen molar-refractivity contribution >= 4 is 22.8 Å². The molecule has 3 fully saturated rings. The Bertz CT molecular complexity index is 2200. The molecule has 0 unspecified atom stereocenters. The first-order valence-corrected chi connectivity index (χ1v) is 20.9. The number of likely N-dealkylation sites (tertiary alicyclic amines) is 1. The minimum absolute atomic E-state index is 0.0172. The van der Waals surface area contributed by atoms with Crippen molar-refractivity contribution in [2.24, 2.45) is 5.92 Å². The number of aliphatic hydroxyl groups excluding tert-OH is 1. The first-order valence-electron chi connectivity index (χ1n) is 20.9. The number of carbonyl (C=O) groups is 2. The third-order valence-corrected chi connectivity index (χ3v) is 12.0. The largest absolute Gasteiger partial charge is 0.392 e. The van der Waals surface area contributed by atoms with Crippen molar-refractivity contribution in [1.82, 2.24) is 25.5 Å². The molecule has 302 valence electrons. The normalized spacial score (nSPS) is 23.9. The maximum Gasteiger partial charge on any atom is 0.271 e. The number of hydrogen-bond donors (Lipinski definition) is 3. The molecule has 1 saturated carbocycles. The molecular weight excluding hydrogens is 727 g/mol. The van der Waals surface area contributed by atoms with Gasteiger partial charge in [-0.1, -0.05) is 97.8 Å². The van der Waals surface area contributed by atoms with Crippen LogP contribution in [-0.2, 0) is 27.4 Å². The number of aliphatic hydroxyl groups is 1. The van der Waals surface area contributed by atoms with E-state index in [9.17, 15) is 14.7 Å². The molecule has 0 bridgehead atoms. The van der Waals surface area contributed by atoms with E-state index in [0.717, 1.165) is 58.2 Å². The summed E-state index contributed by atoms with van der Waals surface area (Å²) in [4.78, 5) is 38.4. The molecule has 10 heteroatoms. The third kappa shape index (κ3) is 9.16. The van der Waals surface area contributed by atoms with Crippen LogP contribution in [0.2, 0.25) is 0 Å². The number of nitrogens with one attached hydrogen (secondary N) is 2. The van der Waals surface area contributed by atoms with Gasteiger partial charge in [-0.2, -0.15) is 0 Å². The lowest BCUT2D eigenvalue weighted by Gasteiger charge is -2.50. The van der Waals surface area contributed by atoms with Crippen LogP contribution < -0.4 is 10.6 Å². The highest BCUT2D eigenvalue weighted by Crippen LogP contribution is 2.42. The topological polar surface area (TPSA) is 126 Å². The van der Waals surface area contributed by atoms with Crippen LogP contribution in [0.15, 0.2) is 103 Å². The van der Waals surface area contributed by atoms with Gasteiger partial charge in [0.1, 0.15) is 5.69 Å². The summed E-state index contributed by atoms with van der Waals surface area (Å²) in [7, 11) is 0. The fraction of sp³-hybridized carbons (Fsp3) is 0.417.